The average Bonchev–Trinajstić information content (AvgIpc) is 3.34. The van der Waals surface area contributed by atoms with Crippen LogP contribution in [0.5, 0.6) is 5.88 Å². The minimum Gasteiger partial charge on any atom is -0.475 e. The molecule has 2 aromatic rings. The smallest absolute Gasteiger partial charge is 0.475 e. The molecule has 3 rings (SSSR count). The zero-order chi connectivity index (χ0) is 24.9. The number of benzene rings is 1. The lowest BCUT2D eigenvalue weighted by molar-refractivity contribution is -0.953. The molecule has 2 atom stereocenters. The fourth-order valence-electron chi connectivity index (χ4n) is 4.41. The second-order valence-electron chi connectivity index (χ2n) is 9.39. The second-order valence-corrected chi connectivity index (χ2v) is 9.92. The molecule has 8 heteroatoms. The van der Waals surface area contributed by atoms with Crippen molar-refractivity contribution in [2.45, 2.75) is 71.4 Å². The van der Waals surface area contributed by atoms with E-state index in [4.69, 9.17) is 14.2 Å². The van der Waals surface area contributed by atoms with Crippen LogP contribution in [-0.4, -0.2) is 52.7 Å². The summed E-state index contributed by atoms with van der Waals surface area (Å²) in [5, 5.41) is 0. The monoisotopic (exact) mass is 502 g/mol. The minimum atomic E-state index is -0.614. The number of nitrogens with zero attached hydrogens (tertiary/aromatic N) is 3. The summed E-state index contributed by atoms with van der Waals surface area (Å²) in [7, 11) is 2.13. The summed E-state index contributed by atoms with van der Waals surface area (Å²) in [6, 6.07) is 9.92. The number of rotatable bonds is 14. The first-order valence-electron chi connectivity index (χ1n) is 12.9. The van der Waals surface area contributed by atoms with Crippen LogP contribution >= 0.6 is 11.7 Å². The number of aromatic nitrogens is 2. The Morgan fingerprint density at radius 3 is 2.54 bits per heavy atom. The van der Waals surface area contributed by atoms with Gasteiger partial charge in [-0.3, -0.25) is 4.48 Å². The number of carbonyl (C=O) groups is 1. The van der Waals surface area contributed by atoms with Gasteiger partial charge >= 0.3 is 6.16 Å². The van der Waals surface area contributed by atoms with E-state index in [0.29, 0.717) is 30.1 Å². The molecule has 0 aliphatic carbocycles. The number of carbonyl (C=O) groups excluding carboxylic acids is 1. The van der Waals surface area contributed by atoms with Crippen molar-refractivity contribution in [3.63, 3.8) is 0 Å². The van der Waals surface area contributed by atoms with Crippen LogP contribution in [0.25, 0.3) is 5.57 Å². The van der Waals surface area contributed by atoms with Gasteiger partial charge in [0.05, 0.1) is 44.1 Å². The normalized spacial score (nSPS) is 18.5. The number of unbranched alkanes of at least 4 members (excludes halogenated alkanes) is 5. The Bertz CT molecular complexity index is 934. The highest BCUT2D eigenvalue weighted by atomic mass is 32.1. The largest absolute Gasteiger partial charge is 0.513 e. The lowest BCUT2D eigenvalue weighted by atomic mass is 10.0. The number of hydrogen-bond donors (Lipinski definition) is 0. The van der Waals surface area contributed by atoms with Crippen molar-refractivity contribution < 1.29 is 23.5 Å². The van der Waals surface area contributed by atoms with E-state index in [-0.39, 0.29) is 0 Å². The van der Waals surface area contributed by atoms with Gasteiger partial charge < -0.3 is 14.2 Å². The highest BCUT2D eigenvalue weighted by Crippen LogP contribution is 2.37. The molecule has 1 aromatic carbocycles. The molecule has 192 valence electrons. The molecule has 0 radical (unpaired) electrons. The molecule has 0 saturated heterocycles. The quantitative estimate of drug-likeness (QED) is 0.161. The van der Waals surface area contributed by atoms with Gasteiger partial charge in [0.25, 0.3) is 12.1 Å². The van der Waals surface area contributed by atoms with Crippen molar-refractivity contribution in [2.75, 3.05) is 33.4 Å². The maximum atomic E-state index is 12.6. The molecule has 0 amide bonds. The summed E-state index contributed by atoms with van der Waals surface area (Å²) < 4.78 is 26.9. The van der Waals surface area contributed by atoms with Gasteiger partial charge in [0, 0.05) is 12.0 Å². The van der Waals surface area contributed by atoms with Crippen LogP contribution in [0.4, 0.5) is 4.79 Å². The first-order chi connectivity index (χ1) is 17.1. The van der Waals surface area contributed by atoms with E-state index in [1.165, 1.54) is 24.6 Å². The maximum absolute atomic E-state index is 12.6. The van der Waals surface area contributed by atoms with Gasteiger partial charge in [0.2, 0.25) is 0 Å². The molecule has 2 unspecified atom stereocenters. The zero-order valence-corrected chi connectivity index (χ0v) is 22.2. The van der Waals surface area contributed by atoms with E-state index in [2.05, 4.69) is 35.7 Å². The summed E-state index contributed by atoms with van der Waals surface area (Å²) in [6.45, 7) is 6.84. The molecule has 0 spiro atoms. The van der Waals surface area contributed by atoms with E-state index in [1.807, 2.05) is 30.3 Å². The first-order valence-corrected chi connectivity index (χ1v) is 13.7. The highest BCUT2D eigenvalue weighted by Gasteiger charge is 2.41. The molecular formula is C27H40N3O4S+. The molecule has 0 fully saturated rings. The fourth-order valence-corrected chi connectivity index (χ4v) is 4.94. The number of quaternary nitrogens is 1. The van der Waals surface area contributed by atoms with Crippen LogP contribution in [0.3, 0.4) is 0 Å². The lowest BCUT2D eigenvalue weighted by Gasteiger charge is -2.42. The second kappa shape index (κ2) is 14.2. The minimum absolute atomic E-state index is 0.381. The van der Waals surface area contributed by atoms with Gasteiger partial charge in [0.15, 0.2) is 0 Å². The van der Waals surface area contributed by atoms with E-state index < -0.39 is 12.4 Å². The molecule has 0 N–H and O–H groups in total. The Kier molecular flexibility index (Phi) is 11.0. The number of ether oxygens (including phenoxy) is 3. The Morgan fingerprint density at radius 1 is 1.03 bits per heavy atom. The van der Waals surface area contributed by atoms with Crippen LogP contribution in [-0.2, 0) is 9.47 Å². The summed E-state index contributed by atoms with van der Waals surface area (Å²) in [6.07, 6.45) is 9.50. The molecule has 35 heavy (non-hydrogen) atoms. The predicted molar refractivity (Wildman–Crippen MR) is 139 cm³/mol. The predicted octanol–water partition coefficient (Wildman–Crippen LogP) is 6.77. The molecule has 1 aromatic heterocycles. The van der Waals surface area contributed by atoms with Crippen LogP contribution in [0, 0.1) is 0 Å². The van der Waals surface area contributed by atoms with Crippen molar-refractivity contribution in [3.05, 3.63) is 47.7 Å². The average molecular weight is 503 g/mol. The van der Waals surface area contributed by atoms with E-state index in [0.717, 1.165) is 61.9 Å². The molecular weight excluding hydrogens is 462 g/mol. The first kappa shape index (κ1) is 27.1. The van der Waals surface area contributed by atoms with Gasteiger partial charge in [-0.05, 0) is 25.0 Å². The van der Waals surface area contributed by atoms with Crippen molar-refractivity contribution in [3.8, 4) is 5.88 Å². The number of likely N-dealkylation sites (N-methyl/N-ethyl adjacent to an activating group) is 1. The number of hydrogen-bond acceptors (Lipinski definition) is 7. The Morgan fingerprint density at radius 2 is 1.77 bits per heavy atom. The van der Waals surface area contributed by atoms with Crippen LogP contribution in [0.2, 0.25) is 0 Å². The maximum Gasteiger partial charge on any atom is 0.513 e. The van der Waals surface area contributed by atoms with Gasteiger partial charge in [-0.1, -0.05) is 70.2 Å². The van der Waals surface area contributed by atoms with E-state index in [1.54, 1.807) is 0 Å². The Hall–Kier alpha value is -2.45. The molecule has 1 aliphatic rings. The third-order valence-corrected chi connectivity index (χ3v) is 6.90. The molecule has 0 bridgehead atoms. The highest BCUT2D eigenvalue weighted by molar-refractivity contribution is 6.99. The van der Waals surface area contributed by atoms with Crippen LogP contribution in [0.1, 0.15) is 82.7 Å². The van der Waals surface area contributed by atoms with Crippen molar-refractivity contribution in [2.24, 2.45) is 0 Å². The summed E-state index contributed by atoms with van der Waals surface area (Å²) >= 11 is 1.18. The van der Waals surface area contributed by atoms with Crippen LogP contribution < -0.4 is 4.74 Å². The Labute approximate surface area is 214 Å². The summed E-state index contributed by atoms with van der Waals surface area (Å²) in [4.78, 5) is 12.6. The fraction of sp³-hybridized carbons (Fsp3) is 0.593. The molecule has 0 saturated carbocycles. The van der Waals surface area contributed by atoms with Crippen molar-refractivity contribution >= 4 is 23.5 Å². The van der Waals surface area contributed by atoms with Gasteiger partial charge in [-0.2, -0.15) is 4.37 Å². The zero-order valence-electron chi connectivity index (χ0n) is 21.4. The third kappa shape index (κ3) is 8.04. The van der Waals surface area contributed by atoms with Crippen molar-refractivity contribution in [1.82, 2.24) is 8.75 Å². The molecule has 2 heterocycles. The SMILES string of the molecule is CCCCCCOc1nsnc1C1=CCC[N+](C)(C(OC(=O)OCCCCC)c2ccccc2)C1. The van der Waals surface area contributed by atoms with Gasteiger partial charge in [0.1, 0.15) is 12.2 Å². The standard InChI is InChI=1S/C27H40N3O4S/c1-4-6-8-13-19-32-25-24(28-35-29-25)23-17-14-18-30(3,21-23)26(22-15-10-9-11-16-22)34-27(31)33-20-12-7-5-2/h9-11,15-17,26H,4-8,12-14,18-21H2,1-3H3/q+1. The van der Waals surface area contributed by atoms with E-state index in [9.17, 15) is 4.79 Å². The Balaban J connectivity index is 1.72. The summed E-state index contributed by atoms with van der Waals surface area (Å²) in [5.41, 5.74) is 2.84. The summed E-state index contributed by atoms with van der Waals surface area (Å²) in [5.74, 6) is 0.610. The van der Waals surface area contributed by atoms with E-state index >= 15 is 0 Å². The molecule has 7 nitrogen and oxygen atoms in total. The topological polar surface area (TPSA) is 70.5 Å². The van der Waals surface area contributed by atoms with Gasteiger partial charge in [-0.25, -0.2) is 4.79 Å². The third-order valence-electron chi connectivity index (χ3n) is 6.39. The van der Waals surface area contributed by atoms with Crippen molar-refractivity contribution in [1.29, 1.82) is 0 Å². The molecule has 1 aliphatic heterocycles. The lowest BCUT2D eigenvalue weighted by Crippen LogP contribution is -2.51. The van der Waals surface area contributed by atoms with Crippen LogP contribution in [0.15, 0.2) is 36.4 Å². The van der Waals surface area contributed by atoms with Gasteiger partial charge in [-0.15, -0.1) is 4.37 Å².